The Hall–Kier alpha value is -1.34. The van der Waals surface area contributed by atoms with Crippen molar-refractivity contribution in [2.24, 2.45) is 11.1 Å². The van der Waals surface area contributed by atoms with E-state index in [0.717, 1.165) is 38.1 Å². The molecule has 0 aliphatic carbocycles. The summed E-state index contributed by atoms with van der Waals surface area (Å²) >= 11 is 0. The number of rotatable bonds is 7. The number of unbranched alkanes of at least 4 members (excludes halogenated alkanes) is 1. The van der Waals surface area contributed by atoms with Crippen LogP contribution in [0, 0.1) is 16.7 Å². The van der Waals surface area contributed by atoms with Crippen molar-refractivity contribution in [2.75, 3.05) is 0 Å². The van der Waals surface area contributed by atoms with Gasteiger partial charge in [-0.15, -0.1) is 0 Å². The van der Waals surface area contributed by atoms with E-state index in [0.29, 0.717) is 0 Å². The fourth-order valence-electron chi connectivity index (χ4n) is 1.93. The van der Waals surface area contributed by atoms with Gasteiger partial charge in [0.1, 0.15) is 5.82 Å². The fraction of sp³-hybridized carbons (Fsp3) is 0.714. The Labute approximate surface area is 110 Å². The van der Waals surface area contributed by atoms with Gasteiger partial charge in [-0.3, -0.25) is 0 Å². The van der Waals surface area contributed by atoms with E-state index >= 15 is 0 Å². The summed E-state index contributed by atoms with van der Waals surface area (Å²) in [6, 6.07) is 2.48. The van der Waals surface area contributed by atoms with E-state index in [1.165, 1.54) is 0 Å². The van der Waals surface area contributed by atoms with Gasteiger partial charge in [-0.05, 0) is 33.6 Å². The Kier molecular flexibility index (Phi) is 5.36. The van der Waals surface area contributed by atoms with Crippen molar-refractivity contribution in [3.63, 3.8) is 0 Å². The zero-order valence-corrected chi connectivity index (χ0v) is 11.7. The Bertz CT molecular complexity index is 398. The van der Waals surface area contributed by atoms with Gasteiger partial charge in [0, 0.05) is 31.4 Å². The van der Waals surface area contributed by atoms with Gasteiger partial charge < -0.3 is 10.3 Å². The molecule has 4 nitrogen and oxygen atoms in total. The van der Waals surface area contributed by atoms with Gasteiger partial charge in [0.2, 0.25) is 0 Å². The molecule has 1 aromatic rings. The normalized spacial score (nSPS) is 13.3. The SMILES string of the molecule is CC(N)Cc1nccn1CCCCC(C)(C)C#N. The Morgan fingerprint density at radius 2 is 2.22 bits per heavy atom. The van der Waals surface area contributed by atoms with Crippen molar-refractivity contribution in [2.45, 2.75) is 59.0 Å². The third kappa shape index (κ3) is 4.89. The Balaban J connectivity index is 2.36. The molecule has 18 heavy (non-hydrogen) atoms. The number of imidazole rings is 1. The Morgan fingerprint density at radius 1 is 1.50 bits per heavy atom. The Morgan fingerprint density at radius 3 is 2.83 bits per heavy atom. The van der Waals surface area contributed by atoms with E-state index in [4.69, 9.17) is 11.0 Å². The molecule has 0 spiro atoms. The number of nitrogens with two attached hydrogens (primary N) is 1. The summed E-state index contributed by atoms with van der Waals surface area (Å²) in [5.41, 5.74) is 5.59. The van der Waals surface area contributed by atoms with Crippen LogP contribution in [0.15, 0.2) is 12.4 Å². The molecule has 0 bridgehead atoms. The van der Waals surface area contributed by atoms with Crippen LogP contribution in [0.1, 0.15) is 45.9 Å². The molecule has 0 aliphatic rings. The first-order valence-corrected chi connectivity index (χ1v) is 6.61. The first kappa shape index (κ1) is 14.7. The minimum atomic E-state index is -0.205. The van der Waals surface area contributed by atoms with Gasteiger partial charge in [-0.2, -0.15) is 5.26 Å². The molecule has 1 heterocycles. The van der Waals surface area contributed by atoms with Gasteiger partial charge in [0.15, 0.2) is 0 Å². The monoisotopic (exact) mass is 248 g/mol. The minimum absolute atomic E-state index is 0.142. The molecule has 2 N–H and O–H groups in total. The topological polar surface area (TPSA) is 67.6 Å². The number of nitriles is 1. The number of hydrogen-bond donors (Lipinski definition) is 1. The van der Waals surface area contributed by atoms with Gasteiger partial charge in [0.25, 0.3) is 0 Å². The minimum Gasteiger partial charge on any atom is -0.335 e. The maximum atomic E-state index is 8.94. The quantitative estimate of drug-likeness (QED) is 0.754. The van der Waals surface area contributed by atoms with Crippen molar-refractivity contribution in [3.8, 4) is 6.07 Å². The van der Waals surface area contributed by atoms with E-state index in [9.17, 15) is 0 Å². The average molecular weight is 248 g/mol. The summed E-state index contributed by atoms with van der Waals surface area (Å²) in [5.74, 6) is 1.06. The van der Waals surface area contributed by atoms with E-state index in [-0.39, 0.29) is 11.5 Å². The van der Waals surface area contributed by atoms with Gasteiger partial charge >= 0.3 is 0 Å². The van der Waals surface area contributed by atoms with Crippen LogP contribution in [0.2, 0.25) is 0 Å². The molecular weight excluding hydrogens is 224 g/mol. The third-order valence-corrected chi connectivity index (χ3v) is 3.06. The zero-order valence-electron chi connectivity index (χ0n) is 11.7. The smallest absolute Gasteiger partial charge is 0.110 e. The molecule has 0 amide bonds. The average Bonchev–Trinajstić information content (AvgIpc) is 2.71. The fourth-order valence-corrected chi connectivity index (χ4v) is 1.93. The van der Waals surface area contributed by atoms with Gasteiger partial charge in [-0.25, -0.2) is 4.98 Å². The van der Waals surface area contributed by atoms with Crippen LogP contribution >= 0.6 is 0 Å². The molecule has 4 heteroatoms. The third-order valence-electron chi connectivity index (χ3n) is 3.06. The molecule has 0 saturated carbocycles. The van der Waals surface area contributed by atoms with E-state index in [1.807, 2.05) is 33.2 Å². The number of nitrogens with zero attached hydrogens (tertiary/aromatic N) is 3. The number of aryl methyl sites for hydroxylation is 1. The van der Waals surface area contributed by atoms with Crippen molar-refractivity contribution < 1.29 is 0 Å². The molecule has 1 rings (SSSR count). The highest BCUT2D eigenvalue weighted by Crippen LogP contribution is 2.21. The molecule has 1 aromatic heterocycles. The molecule has 0 saturated heterocycles. The lowest BCUT2D eigenvalue weighted by Crippen LogP contribution is -2.20. The molecule has 100 valence electrons. The van der Waals surface area contributed by atoms with Crippen LogP contribution in [-0.4, -0.2) is 15.6 Å². The lowest BCUT2D eigenvalue weighted by molar-refractivity contribution is 0.415. The highest BCUT2D eigenvalue weighted by molar-refractivity contribution is 4.95. The molecular formula is C14H24N4. The lowest BCUT2D eigenvalue weighted by atomic mass is 9.89. The largest absolute Gasteiger partial charge is 0.335 e. The van der Waals surface area contributed by atoms with Crippen LogP contribution in [0.4, 0.5) is 0 Å². The summed E-state index contributed by atoms with van der Waals surface area (Å²) < 4.78 is 2.17. The van der Waals surface area contributed by atoms with Crippen LogP contribution in [0.5, 0.6) is 0 Å². The predicted octanol–water partition coefficient (Wildman–Crippen LogP) is 2.49. The molecule has 0 aromatic carbocycles. The first-order valence-electron chi connectivity index (χ1n) is 6.61. The molecule has 0 fully saturated rings. The van der Waals surface area contributed by atoms with E-state index < -0.39 is 0 Å². The zero-order chi connectivity index (χ0) is 13.6. The van der Waals surface area contributed by atoms with Gasteiger partial charge in [-0.1, -0.05) is 6.42 Å². The van der Waals surface area contributed by atoms with E-state index in [1.54, 1.807) is 0 Å². The standard InChI is InChI=1S/C14H24N4/c1-12(16)10-13-17-7-9-18(13)8-5-4-6-14(2,3)11-15/h7,9,12H,4-6,8,10,16H2,1-3H3. The number of hydrogen-bond acceptors (Lipinski definition) is 3. The van der Waals surface area contributed by atoms with Crippen LogP contribution < -0.4 is 5.73 Å². The predicted molar refractivity (Wildman–Crippen MR) is 72.8 cm³/mol. The van der Waals surface area contributed by atoms with Crippen molar-refractivity contribution >= 4 is 0 Å². The highest BCUT2D eigenvalue weighted by atomic mass is 15.1. The summed E-state index contributed by atoms with van der Waals surface area (Å²) in [7, 11) is 0. The summed E-state index contributed by atoms with van der Waals surface area (Å²) in [4.78, 5) is 4.33. The van der Waals surface area contributed by atoms with Crippen molar-refractivity contribution in [1.29, 1.82) is 5.26 Å². The molecule has 0 radical (unpaired) electrons. The van der Waals surface area contributed by atoms with Crippen LogP contribution in [0.25, 0.3) is 0 Å². The maximum absolute atomic E-state index is 8.94. The number of aromatic nitrogens is 2. The highest BCUT2D eigenvalue weighted by Gasteiger charge is 2.15. The molecule has 1 atom stereocenters. The summed E-state index contributed by atoms with van der Waals surface area (Å²) in [6.07, 6.45) is 7.74. The van der Waals surface area contributed by atoms with E-state index in [2.05, 4.69) is 15.6 Å². The molecule has 0 aliphatic heterocycles. The summed E-state index contributed by atoms with van der Waals surface area (Å²) in [5, 5.41) is 8.94. The molecule has 1 unspecified atom stereocenters. The van der Waals surface area contributed by atoms with Crippen molar-refractivity contribution in [3.05, 3.63) is 18.2 Å². The lowest BCUT2D eigenvalue weighted by Gasteiger charge is -2.15. The summed E-state index contributed by atoms with van der Waals surface area (Å²) in [6.45, 7) is 6.94. The maximum Gasteiger partial charge on any atom is 0.110 e. The first-order chi connectivity index (χ1) is 8.44. The van der Waals surface area contributed by atoms with Crippen molar-refractivity contribution in [1.82, 2.24) is 9.55 Å². The van der Waals surface area contributed by atoms with Crippen LogP contribution in [-0.2, 0) is 13.0 Å². The second-order valence-corrected chi connectivity index (χ2v) is 5.67. The second-order valence-electron chi connectivity index (χ2n) is 5.67. The second kappa shape index (κ2) is 6.55. The van der Waals surface area contributed by atoms with Gasteiger partial charge in [0.05, 0.1) is 11.5 Å². The van der Waals surface area contributed by atoms with Crippen LogP contribution in [0.3, 0.4) is 0 Å².